The second-order valence-corrected chi connectivity index (χ2v) is 22.7. The molecule has 12 heteroatoms. The Labute approximate surface area is 528 Å². The van der Waals surface area contributed by atoms with Crippen molar-refractivity contribution < 1.29 is 58.2 Å². The number of aliphatic hydroxyl groups is 2. The zero-order valence-electron chi connectivity index (χ0n) is 54.5. The molecule has 492 valence electrons. The molecule has 0 aliphatic carbocycles. The van der Waals surface area contributed by atoms with Crippen molar-refractivity contribution in [1.29, 1.82) is 0 Å². The van der Waals surface area contributed by atoms with E-state index in [0.717, 1.165) is 135 Å². The Bertz CT molecular complexity index is 2020. The first-order chi connectivity index (χ1) is 42.6. The molecule has 1 saturated heterocycles. The van der Waals surface area contributed by atoms with Crippen LogP contribution in [0.3, 0.4) is 0 Å². The highest BCUT2D eigenvalue weighted by Crippen LogP contribution is 2.26. The number of hydrogen-bond acceptors (Lipinski definition) is 11. The first-order valence-corrected chi connectivity index (χ1v) is 34.2. The molecular formula is C75H120O12. The monoisotopic (exact) mass is 1210 g/mol. The average molecular weight is 1210 g/mol. The Balaban J connectivity index is 2.70. The maximum atomic E-state index is 13.2. The third kappa shape index (κ3) is 50.4. The average Bonchev–Trinajstić information content (AvgIpc) is 2.56. The number of rotatable bonds is 57. The van der Waals surface area contributed by atoms with Crippen LogP contribution in [0.1, 0.15) is 265 Å². The van der Waals surface area contributed by atoms with Crippen molar-refractivity contribution in [3.05, 3.63) is 134 Å². The van der Waals surface area contributed by atoms with Gasteiger partial charge in [-0.1, -0.05) is 244 Å². The third-order valence-electron chi connectivity index (χ3n) is 14.7. The number of carboxylic acids is 1. The van der Waals surface area contributed by atoms with E-state index in [1.807, 2.05) is 0 Å². The van der Waals surface area contributed by atoms with Gasteiger partial charge in [0.25, 0.3) is 0 Å². The zero-order chi connectivity index (χ0) is 63.1. The minimum Gasteiger partial charge on any atom is -0.479 e. The van der Waals surface area contributed by atoms with Crippen LogP contribution < -0.4 is 0 Å². The van der Waals surface area contributed by atoms with Crippen LogP contribution >= 0.6 is 0 Å². The fraction of sp³-hybridized carbons (Fsp3) is 0.653. The van der Waals surface area contributed by atoms with Crippen molar-refractivity contribution in [3.8, 4) is 0 Å². The van der Waals surface area contributed by atoms with Gasteiger partial charge in [0.05, 0.1) is 6.61 Å². The molecule has 1 aliphatic rings. The summed E-state index contributed by atoms with van der Waals surface area (Å²) in [6.45, 7) is 5.74. The lowest BCUT2D eigenvalue weighted by Gasteiger charge is -2.40. The van der Waals surface area contributed by atoms with Crippen LogP contribution in [0, 0.1) is 0 Å². The zero-order valence-corrected chi connectivity index (χ0v) is 54.5. The number of carboxylic acid groups (broad SMARTS) is 1. The normalized spacial score (nSPS) is 18.2. The molecule has 0 saturated carbocycles. The van der Waals surface area contributed by atoms with Crippen molar-refractivity contribution in [3.63, 3.8) is 0 Å². The molecule has 0 aromatic heterocycles. The van der Waals surface area contributed by atoms with Gasteiger partial charge in [-0.25, -0.2) is 4.79 Å². The Kier molecular flexibility index (Phi) is 56.1. The fourth-order valence-electron chi connectivity index (χ4n) is 9.53. The molecule has 0 bridgehead atoms. The number of esters is 3. The number of carbonyl (C=O) groups excluding carboxylic acids is 3. The lowest BCUT2D eigenvalue weighted by molar-refractivity contribution is -0.301. The number of unbranched alkanes of at least 4 members (excludes halogenated alkanes) is 21. The number of ether oxygens (including phenoxy) is 5. The predicted molar refractivity (Wildman–Crippen MR) is 358 cm³/mol. The van der Waals surface area contributed by atoms with Crippen LogP contribution in [-0.4, -0.2) is 89.2 Å². The number of hydrogen-bond donors (Lipinski definition) is 3. The van der Waals surface area contributed by atoms with Crippen molar-refractivity contribution in [1.82, 2.24) is 0 Å². The van der Waals surface area contributed by atoms with E-state index in [0.29, 0.717) is 19.3 Å². The van der Waals surface area contributed by atoms with Gasteiger partial charge in [0.1, 0.15) is 18.8 Å². The first kappa shape index (κ1) is 79.9. The Morgan fingerprint density at radius 3 is 1.13 bits per heavy atom. The summed E-state index contributed by atoms with van der Waals surface area (Å²) >= 11 is 0. The molecule has 1 fully saturated rings. The molecule has 3 N–H and O–H groups in total. The van der Waals surface area contributed by atoms with Crippen molar-refractivity contribution in [2.75, 3.05) is 13.2 Å². The van der Waals surface area contributed by atoms with Gasteiger partial charge in [-0.05, 0) is 135 Å². The second-order valence-electron chi connectivity index (χ2n) is 22.7. The smallest absolute Gasteiger partial charge is 0.335 e. The summed E-state index contributed by atoms with van der Waals surface area (Å²) in [5.41, 5.74) is 0. The minimum absolute atomic E-state index is 0.0110. The fourth-order valence-corrected chi connectivity index (χ4v) is 9.53. The lowest BCUT2D eigenvalue weighted by atomic mass is 9.98. The molecule has 0 spiro atoms. The van der Waals surface area contributed by atoms with E-state index in [1.165, 1.54) is 70.6 Å². The summed E-state index contributed by atoms with van der Waals surface area (Å²) in [7, 11) is 0. The van der Waals surface area contributed by atoms with Crippen LogP contribution in [-0.2, 0) is 42.9 Å². The standard InChI is InChI=1S/C75H120O12/c1-4-7-10-13-16-19-22-25-28-31-34-37-40-43-46-49-52-55-58-61-67(76)83-64-66(85-68(77)62-59-56-53-50-47-44-41-38-35-32-29-26-23-20-17-14-11-8-5-2)65-84-75-73(71(80)70(79)72(87-75)74(81)82)86-69(78)63-60-57-54-51-48-45-42-39-36-33-30-27-24-21-18-15-12-9-6-3/h7,9-10,12,16,18-19,21,25-30,34,36-37,39,43,45-46,48,66,70-73,75,79-80H,4-6,8,11,13-15,17,20,22-24,31-33,35,38,40-42,44,47,49-65H2,1-3H3,(H,81,82)/b10-7-,12-9-,19-16-,21-18-,28-25-,29-26-,30-27-,37-34-,39-36-,46-43-,48-45-. The van der Waals surface area contributed by atoms with Crippen molar-refractivity contribution >= 4 is 23.9 Å². The van der Waals surface area contributed by atoms with Gasteiger partial charge in [-0.15, -0.1) is 0 Å². The molecule has 1 heterocycles. The first-order valence-electron chi connectivity index (χ1n) is 34.2. The van der Waals surface area contributed by atoms with Crippen LogP contribution in [0.2, 0.25) is 0 Å². The maximum absolute atomic E-state index is 13.2. The highest BCUT2D eigenvalue weighted by atomic mass is 16.7. The van der Waals surface area contributed by atoms with Crippen LogP contribution in [0.15, 0.2) is 134 Å². The second kappa shape index (κ2) is 61.1. The van der Waals surface area contributed by atoms with Crippen LogP contribution in [0.25, 0.3) is 0 Å². The van der Waals surface area contributed by atoms with Gasteiger partial charge < -0.3 is 39.0 Å². The minimum atomic E-state index is -1.93. The molecule has 0 radical (unpaired) electrons. The van der Waals surface area contributed by atoms with Gasteiger partial charge in [0, 0.05) is 19.3 Å². The summed E-state index contributed by atoms with van der Waals surface area (Å²) in [6, 6.07) is 0. The highest BCUT2D eigenvalue weighted by Gasteiger charge is 2.50. The quantitative estimate of drug-likeness (QED) is 0.0228. The Morgan fingerprint density at radius 1 is 0.391 bits per heavy atom. The molecule has 1 aliphatic heterocycles. The molecule has 0 aromatic rings. The van der Waals surface area contributed by atoms with Crippen molar-refractivity contribution in [2.24, 2.45) is 0 Å². The van der Waals surface area contributed by atoms with E-state index < -0.39 is 67.3 Å². The summed E-state index contributed by atoms with van der Waals surface area (Å²) in [6.07, 6.45) is 74.0. The van der Waals surface area contributed by atoms with Crippen LogP contribution in [0.4, 0.5) is 0 Å². The van der Waals surface area contributed by atoms with E-state index in [1.54, 1.807) is 0 Å². The topological polar surface area (TPSA) is 175 Å². The predicted octanol–water partition coefficient (Wildman–Crippen LogP) is 18.9. The molecule has 0 aromatic carbocycles. The van der Waals surface area contributed by atoms with E-state index in [4.69, 9.17) is 23.7 Å². The number of aliphatic carboxylic acids is 1. The summed E-state index contributed by atoms with van der Waals surface area (Å²) in [5.74, 6) is -3.22. The molecule has 6 unspecified atom stereocenters. The molecular weight excluding hydrogens is 1090 g/mol. The Hall–Kier alpha value is -5.14. The lowest BCUT2D eigenvalue weighted by Crippen LogP contribution is -2.61. The largest absolute Gasteiger partial charge is 0.479 e. The highest BCUT2D eigenvalue weighted by molar-refractivity contribution is 5.74. The van der Waals surface area contributed by atoms with Gasteiger partial charge in [0.15, 0.2) is 24.6 Å². The van der Waals surface area contributed by atoms with Gasteiger partial charge in [-0.3, -0.25) is 14.4 Å². The Morgan fingerprint density at radius 2 is 0.724 bits per heavy atom. The van der Waals surface area contributed by atoms with E-state index >= 15 is 0 Å². The molecule has 0 amide bonds. The SMILES string of the molecule is CC/C=C\C/C=C\C/C=C\C/C=C\C/C=C\CCCCCC(=O)OCC(COC1OC(C(=O)O)C(O)C(O)C1OC(=O)CCCCC/C=C\C/C=C\C/C=C\C/C=C\C/C=C\CC)OC(=O)CCCCCCCCCCC/C=C\CCCCCCCC. The van der Waals surface area contributed by atoms with E-state index in [2.05, 4.69) is 154 Å². The van der Waals surface area contributed by atoms with Crippen LogP contribution in [0.5, 0.6) is 0 Å². The van der Waals surface area contributed by atoms with Crippen molar-refractivity contribution in [2.45, 2.75) is 302 Å². The summed E-state index contributed by atoms with van der Waals surface area (Å²) < 4.78 is 28.5. The summed E-state index contributed by atoms with van der Waals surface area (Å²) in [5, 5.41) is 31.7. The molecule has 6 atom stereocenters. The number of carbonyl (C=O) groups is 4. The number of aliphatic hydroxyl groups excluding tert-OH is 2. The van der Waals surface area contributed by atoms with Gasteiger partial charge >= 0.3 is 23.9 Å². The summed E-state index contributed by atoms with van der Waals surface area (Å²) in [4.78, 5) is 51.5. The van der Waals surface area contributed by atoms with Gasteiger partial charge in [0.2, 0.25) is 0 Å². The molecule has 12 nitrogen and oxygen atoms in total. The third-order valence-corrected chi connectivity index (χ3v) is 14.7. The van der Waals surface area contributed by atoms with Gasteiger partial charge in [-0.2, -0.15) is 0 Å². The maximum Gasteiger partial charge on any atom is 0.335 e. The molecule has 1 rings (SSSR count). The van der Waals surface area contributed by atoms with E-state index in [9.17, 15) is 34.5 Å². The molecule has 87 heavy (non-hydrogen) atoms. The van der Waals surface area contributed by atoms with E-state index in [-0.39, 0.29) is 25.9 Å². The number of allylic oxidation sites excluding steroid dienone is 22.